The molecule has 0 bridgehead atoms. The van der Waals surface area contributed by atoms with Gasteiger partial charge in [0.25, 0.3) is 5.95 Å². The minimum Gasteiger partial charge on any atom is -0.495 e. The van der Waals surface area contributed by atoms with E-state index in [9.17, 15) is 5.11 Å². The van der Waals surface area contributed by atoms with Crippen molar-refractivity contribution >= 4 is 21.5 Å². The Morgan fingerprint density at radius 1 is 1.19 bits per heavy atom. The number of ether oxygens (including phenoxy) is 1. The summed E-state index contributed by atoms with van der Waals surface area (Å²) in [6.07, 6.45) is 1.53. The van der Waals surface area contributed by atoms with E-state index in [4.69, 9.17) is 9.15 Å². The van der Waals surface area contributed by atoms with Gasteiger partial charge in [-0.25, -0.2) is 0 Å². The van der Waals surface area contributed by atoms with Crippen LogP contribution in [0.3, 0.4) is 0 Å². The number of fused-ring (bicyclic) bond motifs is 2. The lowest BCUT2D eigenvalue weighted by atomic mass is 10.1. The highest BCUT2D eigenvalue weighted by Gasteiger charge is 2.14. The lowest BCUT2D eigenvalue weighted by Gasteiger charge is -2.06. The van der Waals surface area contributed by atoms with E-state index in [1.54, 1.807) is 7.11 Å². The summed E-state index contributed by atoms with van der Waals surface area (Å²) < 4.78 is 10.4. The highest BCUT2D eigenvalue weighted by Crippen LogP contribution is 2.40. The van der Waals surface area contributed by atoms with Crippen LogP contribution >= 0.6 is 0 Å². The quantitative estimate of drug-likeness (QED) is 0.675. The van der Waals surface area contributed by atoms with Gasteiger partial charge in [-0.05, 0) is 11.5 Å². The van der Waals surface area contributed by atoms with Gasteiger partial charge in [0, 0.05) is 10.8 Å². The molecule has 0 atom stereocenters. The number of aromatic hydroxyl groups is 1. The highest BCUT2D eigenvalue weighted by atomic mass is 16.5. The molecule has 16 heavy (non-hydrogen) atoms. The predicted molar refractivity (Wildman–Crippen MR) is 61.9 cm³/mol. The summed E-state index contributed by atoms with van der Waals surface area (Å²) in [5.74, 6) is 0.553. The van der Waals surface area contributed by atoms with Gasteiger partial charge in [0.1, 0.15) is 17.4 Å². The van der Waals surface area contributed by atoms with Crippen LogP contribution in [-0.4, -0.2) is 12.2 Å². The summed E-state index contributed by atoms with van der Waals surface area (Å²) in [4.78, 5) is 0. The van der Waals surface area contributed by atoms with Crippen molar-refractivity contribution in [3.8, 4) is 11.7 Å². The van der Waals surface area contributed by atoms with Crippen LogP contribution in [0.2, 0.25) is 0 Å². The van der Waals surface area contributed by atoms with E-state index in [1.807, 2.05) is 30.3 Å². The molecule has 3 aromatic rings. The molecule has 1 heterocycles. The lowest BCUT2D eigenvalue weighted by molar-refractivity contribution is 0.335. The van der Waals surface area contributed by atoms with Gasteiger partial charge in [0.05, 0.1) is 7.11 Å². The van der Waals surface area contributed by atoms with E-state index in [0.29, 0.717) is 11.1 Å². The fraction of sp³-hybridized carbons (Fsp3) is 0.0769. The Kier molecular flexibility index (Phi) is 1.80. The highest BCUT2D eigenvalue weighted by molar-refractivity contribution is 6.06. The number of methoxy groups -OCH3 is 1. The van der Waals surface area contributed by atoms with Crippen LogP contribution < -0.4 is 4.74 Å². The molecule has 0 saturated carbocycles. The summed E-state index contributed by atoms with van der Waals surface area (Å²) in [7, 11) is 1.59. The predicted octanol–water partition coefficient (Wildman–Crippen LogP) is 3.30. The van der Waals surface area contributed by atoms with E-state index >= 15 is 0 Å². The van der Waals surface area contributed by atoms with Gasteiger partial charge in [-0.2, -0.15) is 0 Å². The molecule has 0 aliphatic rings. The number of benzene rings is 2. The van der Waals surface area contributed by atoms with Crippen molar-refractivity contribution in [2.75, 3.05) is 7.11 Å². The van der Waals surface area contributed by atoms with Crippen LogP contribution in [0.1, 0.15) is 0 Å². The molecule has 3 rings (SSSR count). The average Bonchev–Trinajstić information content (AvgIpc) is 2.68. The molecule has 3 heteroatoms. The largest absolute Gasteiger partial charge is 0.495 e. The summed E-state index contributed by atoms with van der Waals surface area (Å²) in [5, 5.41) is 13.1. The maximum atomic E-state index is 9.64. The third-order valence-corrected chi connectivity index (χ3v) is 2.75. The molecule has 0 aliphatic carbocycles. The molecule has 3 nitrogen and oxygen atoms in total. The number of rotatable bonds is 1. The molecule has 0 amide bonds. The van der Waals surface area contributed by atoms with E-state index < -0.39 is 0 Å². The first-order valence-electron chi connectivity index (χ1n) is 4.97. The summed E-state index contributed by atoms with van der Waals surface area (Å²) >= 11 is 0. The Morgan fingerprint density at radius 2 is 2.00 bits per heavy atom. The van der Waals surface area contributed by atoms with Crippen molar-refractivity contribution in [1.29, 1.82) is 0 Å². The van der Waals surface area contributed by atoms with E-state index in [0.717, 1.165) is 16.2 Å². The number of hydrogen-bond donors (Lipinski definition) is 1. The van der Waals surface area contributed by atoms with Crippen LogP contribution in [0.5, 0.6) is 11.7 Å². The SMILES string of the molecule is COc1c2ccccc2cc2coc(O)c12. The minimum atomic E-state index is -0.0994. The van der Waals surface area contributed by atoms with Gasteiger partial charge in [-0.1, -0.05) is 24.3 Å². The molecule has 1 N–H and O–H groups in total. The van der Waals surface area contributed by atoms with Crippen molar-refractivity contribution < 1.29 is 14.3 Å². The molecule has 2 aromatic carbocycles. The van der Waals surface area contributed by atoms with E-state index in [1.165, 1.54) is 6.26 Å². The zero-order chi connectivity index (χ0) is 11.1. The number of hydrogen-bond acceptors (Lipinski definition) is 3. The molecule has 0 saturated heterocycles. The first kappa shape index (κ1) is 9.09. The Bertz CT molecular complexity index is 667. The molecule has 0 radical (unpaired) electrons. The first-order valence-corrected chi connectivity index (χ1v) is 4.97. The minimum absolute atomic E-state index is 0.0994. The van der Waals surface area contributed by atoms with Crippen molar-refractivity contribution in [1.82, 2.24) is 0 Å². The lowest BCUT2D eigenvalue weighted by Crippen LogP contribution is -1.85. The second-order valence-electron chi connectivity index (χ2n) is 3.64. The molecule has 0 fully saturated rings. The summed E-state index contributed by atoms with van der Waals surface area (Å²) in [6.45, 7) is 0. The van der Waals surface area contributed by atoms with Gasteiger partial charge < -0.3 is 14.3 Å². The van der Waals surface area contributed by atoms with Crippen molar-refractivity contribution in [2.45, 2.75) is 0 Å². The van der Waals surface area contributed by atoms with E-state index in [-0.39, 0.29) is 5.95 Å². The standard InChI is InChI=1S/C13H10O3/c1-15-12-10-5-3-2-4-8(10)6-9-7-16-13(14)11(9)12/h2-7,14H,1H3. The zero-order valence-corrected chi connectivity index (χ0v) is 8.73. The second kappa shape index (κ2) is 3.17. The maximum Gasteiger partial charge on any atom is 0.293 e. The molecule has 80 valence electrons. The van der Waals surface area contributed by atoms with E-state index in [2.05, 4.69) is 0 Å². The smallest absolute Gasteiger partial charge is 0.293 e. The zero-order valence-electron chi connectivity index (χ0n) is 8.73. The van der Waals surface area contributed by atoms with Crippen molar-refractivity contribution in [3.63, 3.8) is 0 Å². The number of furan rings is 1. The molecule has 0 spiro atoms. The normalized spacial score (nSPS) is 11.1. The topological polar surface area (TPSA) is 42.6 Å². The van der Waals surface area contributed by atoms with Crippen LogP contribution in [0.15, 0.2) is 41.0 Å². The third kappa shape index (κ3) is 1.08. The summed E-state index contributed by atoms with van der Waals surface area (Å²) in [6, 6.07) is 9.83. The van der Waals surface area contributed by atoms with Crippen LogP contribution in [-0.2, 0) is 0 Å². The van der Waals surface area contributed by atoms with Gasteiger partial charge in [-0.15, -0.1) is 0 Å². The third-order valence-electron chi connectivity index (χ3n) is 2.75. The second-order valence-corrected chi connectivity index (χ2v) is 3.64. The Balaban J connectivity index is 2.59. The maximum absolute atomic E-state index is 9.64. The van der Waals surface area contributed by atoms with Crippen LogP contribution in [0.25, 0.3) is 21.5 Å². The first-order chi connectivity index (χ1) is 7.81. The monoisotopic (exact) mass is 214 g/mol. The van der Waals surface area contributed by atoms with Crippen LogP contribution in [0, 0.1) is 0 Å². The van der Waals surface area contributed by atoms with Gasteiger partial charge >= 0.3 is 0 Å². The molecular weight excluding hydrogens is 204 g/mol. The molecule has 0 unspecified atom stereocenters. The molecular formula is C13H10O3. The van der Waals surface area contributed by atoms with Gasteiger partial charge in [-0.3, -0.25) is 0 Å². The molecule has 1 aromatic heterocycles. The van der Waals surface area contributed by atoms with Crippen molar-refractivity contribution in [3.05, 3.63) is 36.6 Å². The van der Waals surface area contributed by atoms with Gasteiger partial charge in [0.2, 0.25) is 0 Å². The van der Waals surface area contributed by atoms with Gasteiger partial charge in [0.15, 0.2) is 0 Å². The van der Waals surface area contributed by atoms with Crippen LogP contribution in [0.4, 0.5) is 0 Å². The Labute approximate surface area is 91.9 Å². The Morgan fingerprint density at radius 3 is 2.81 bits per heavy atom. The van der Waals surface area contributed by atoms with Crippen molar-refractivity contribution in [2.24, 2.45) is 0 Å². The Hall–Kier alpha value is -2.16. The summed E-state index contributed by atoms with van der Waals surface area (Å²) in [5.41, 5.74) is 0. The molecule has 0 aliphatic heterocycles. The fourth-order valence-electron chi connectivity index (χ4n) is 2.04. The fourth-order valence-corrected chi connectivity index (χ4v) is 2.04. The average molecular weight is 214 g/mol.